The Bertz CT molecular complexity index is 1430. The molecule has 11 heteroatoms. The molecule has 0 amide bonds. The number of alkyl halides is 3. The summed E-state index contributed by atoms with van der Waals surface area (Å²) < 4.78 is 58.9. The van der Waals surface area contributed by atoms with Gasteiger partial charge >= 0.3 is 42.1 Å². The smallest absolute Gasteiger partial charge is 0.741 e. The van der Waals surface area contributed by atoms with Crippen LogP contribution in [0.15, 0.2) is 109 Å². The molecule has 0 heterocycles. The molecule has 0 spiro atoms. The number of halogens is 3. The fourth-order valence-electron chi connectivity index (χ4n) is 6.73. The van der Waals surface area contributed by atoms with E-state index in [2.05, 4.69) is 85.8 Å². The fraction of sp³-hybridized carbons (Fsp3) is 0.405. The molecule has 1 atom stereocenters. The first-order valence-electron chi connectivity index (χ1n) is 16.2. The van der Waals surface area contributed by atoms with Crippen molar-refractivity contribution >= 4 is 41.9 Å². The molecule has 2 fully saturated rings. The van der Waals surface area contributed by atoms with E-state index >= 15 is 0 Å². The topological polar surface area (TPSA) is 57.2 Å². The summed E-state index contributed by atoms with van der Waals surface area (Å²) >= 11 is 0. The molecule has 0 bridgehead atoms. The van der Waals surface area contributed by atoms with Gasteiger partial charge in [0.15, 0.2) is 10.1 Å². The second-order valence-electron chi connectivity index (χ2n) is 11.9. The predicted molar refractivity (Wildman–Crippen MR) is 188 cm³/mol. The second-order valence-corrected chi connectivity index (χ2v) is 18.6. The molecule has 0 radical (unpaired) electrons. The zero-order chi connectivity index (χ0) is 33.0. The van der Waals surface area contributed by atoms with E-state index in [4.69, 9.17) is 13.0 Å². The molecule has 0 aliphatic heterocycles. The first-order chi connectivity index (χ1) is 22.1. The van der Waals surface area contributed by atoms with Crippen LogP contribution in [0.25, 0.3) is 0 Å². The summed E-state index contributed by atoms with van der Waals surface area (Å²) in [7, 11) is -6.58. The second kappa shape index (κ2) is 21.3. The molecular formula is C37H44F3FeO3P2RhS. The summed E-state index contributed by atoms with van der Waals surface area (Å²) in [6.07, 6.45) is 14.8. The van der Waals surface area contributed by atoms with Crippen molar-refractivity contribution in [3.63, 3.8) is 0 Å². The standard InChI is InChI=1S/C31H39P2.C5H5.CHF3O3S.Fe.Rh/c1-25(32(26-15-6-2-7-16-26)27-17-8-3-9-18-27)30-23-14-24-31(30)33(28-19-10-4-11-20-28)29-21-12-5-13-22-29;1-2-4-5-3-1;2-1(3,4)8(5,6)7;;/h4-5,10-14,19-27H,2-3,6-9,15-18H2,1H3;1-5H;(H,5,6,7);;/q2*-1;;+2;+1/p-1/t25-;;;;/m1..../s1. The van der Waals surface area contributed by atoms with E-state index in [9.17, 15) is 13.2 Å². The third kappa shape index (κ3) is 12.6. The molecule has 6 rings (SSSR count). The summed E-state index contributed by atoms with van der Waals surface area (Å²) in [6, 6.07) is 39.9. The van der Waals surface area contributed by atoms with Crippen molar-refractivity contribution < 1.29 is 62.7 Å². The number of hydrogen-bond donors (Lipinski definition) is 0. The van der Waals surface area contributed by atoms with Crippen molar-refractivity contribution in [2.24, 2.45) is 0 Å². The molecule has 0 aromatic heterocycles. The van der Waals surface area contributed by atoms with Crippen LogP contribution in [0.3, 0.4) is 0 Å². The first kappa shape index (κ1) is 43.0. The average Bonchev–Trinajstić information content (AvgIpc) is 3.79. The Balaban J connectivity index is 0.000000450. The van der Waals surface area contributed by atoms with Gasteiger partial charge in [-0.15, -0.1) is 18.8 Å². The molecule has 0 N–H and O–H groups in total. The minimum absolute atomic E-state index is 0. The molecule has 3 nitrogen and oxygen atoms in total. The maximum Gasteiger partial charge on any atom is 2.00 e. The molecule has 48 heavy (non-hydrogen) atoms. The molecule has 2 aliphatic carbocycles. The molecule has 2 aliphatic rings. The predicted octanol–water partition coefficient (Wildman–Crippen LogP) is 9.82. The van der Waals surface area contributed by atoms with Crippen LogP contribution in [0.1, 0.15) is 82.4 Å². The summed E-state index contributed by atoms with van der Waals surface area (Å²) in [5, 5.41) is 4.59. The van der Waals surface area contributed by atoms with Gasteiger partial charge in [-0.05, 0) is 61.2 Å². The number of hydrogen-bond acceptors (Lipinski definition) is 3. The van der Waals surface area contributed by atoms with Crippen LogP contribution in [-0.2, 0) is 46.7 Å². The molecule has 0 saturated heterocycles. The van der Waals surface area contributed by atoms with E-state index in [1.54, 1.807) is 10.9 Å². The largest absolute Gasteiger partial charge is 2.00 e. The van der Waals surface area contributed by atoms with E-state index in [1.165, 1.54) is 74.8 Å². The summed E-state index contributed by atoms with van der Waals surface area (Å²) in [5.74, 6) is 0. The number of benzene rings is 2. The van der Waals surface area contributed by atoms with Crippen molar-refractivity contribution in [2.45, 2.75) is 93.6 Å². The molecule has 2 saturated carbocycles. The maximum atomic E-state index is 10.7. The number of rotatable bonds is 7. The monoisotopic (exact) mass is 846 g/mol. The van der Waals surface area contributed by atoms with Gasteiger partial charge in [-0.1, -0.05) is 106 Å². The third-order valence-electron chi connectivity index (χ3n) is 8.82. The molecule has 4 aromatic carbocycles. The van der Waals surface area contributed by atoms with E-state index in [1.807, 2.05) is 30.3 Å². The minimum atomic E-state index is -6.09. The van der Waals surface area contributed by atoms with Crippen molar-refractivity contribution in [1.29, 1.82) is 0 Å². The van der Waals surface area contributed by atoms with Crippen molar-refractivity contribution in [2.75, 3.05) is 0 Å². The average molecular weight is 847 g/mol. The summed E-state index contributed by atoms with van der Waals surface area (Å²) in [5.41, 5.74) is -1.26. The maximum absolute atomic E-state index is 10.7. The van der Waals surface area contributed by atoms with E-state index in [0.717, 1.165) is 11.3 Å². The van der Waals surface area contributed by atoms with Crippen LogP contribution < -0.4 is 15.9 Å². The Hall–Kier alpha value is -1.16. The SMILES string of the molecule is C[C@H]([c-]1cccc1P(c1ccccc1)c1ccccc1)P(C1CCCCC1)C1CCCCC1.O=S(=O)([O-])C(F)(F)F.[Fe+2].[Rh+].c1cc[cH-]c1. The molecular weight excluding hydrogens is 802 g/mol. The normalized spacial score (nSPS) is 16.4. The van der Waals surface area contributed by atoms with Gasteiger partial charge in [-0.25, -0.2) is 32.7 Å². The Morgan fingerprint density at radius 3 is 1.52 bits per heavy atom. The Kier molecular flexibility index (Phi) is 19.1. The van der Waals surface area contributed by atoms with Gasteiger partial charge in [0.1, 0.15) is 0 Å². The fourth-order valence-corrected chi connectivity index (χ4v) is 13.7. The Labute approximate surface area is 311 Å². The van der Waals surface area contributed by atoms with Crippen LogP contribution in [0, 0.1) is 0 Å². The van der Waals surface area contributed by atoms with Gasteiger partial charge in [0, 0.05) is 0 Å². The Morgan fingerprint density at radius 2 is 1.17 bits per heavy atom. The van der Waals surface area contributed by atoms with Gasteiger partial charge in [0.2, 0.25) is 0 Å². The zero-order valence-corrected chi connectivity index (χ0v) is 32.4. The molecule has 264 valence electrons. The van der Waals surface area contributed by atoms with Crippen LogP contribution in [0.4, 0.5) is 13.2 Å². The van der Waals surface area contributed by atoms with Crippen LogP contribution in [-0.4, -0.2) is 29.8 Å². The van der Waals surface area contributed by atoms with Crippen molar-refractivity contribution in [3.8, 4) is 0 Å². The van der Waals surface area contributed by atoms with E-state index in [-0.39, 0.29) is 44.5 Å². The van der Waals surface area contributed by atoms with Crippen molar-refractivity contribution in [1.82, 2.24) is 0 Å². The summed E-state index contributed by atoms with van der Waals surface area (Å²) in [6.45, 7) is 2.62. The zero-order valence-electron chi connectivity index (χ0n) is 27.0. The third-order valence-corrected chi connectivity index (χ3v) is 15.8. The van der Waals surface area contributed by atoms with E-state index in [0.29, 0.717) is 5.66 Å². The van der Waals surface area contributed by atoms with Crippen LogP contribution in [0.5, 0.6) is 0 Å². The van der Waals surface area contributed by atoms with Gasteiger partial charge in [-0.2, -0.15) is 37.4 Å². The van der Waals surface area contributed by atoms with Crippen LogP contribution >= 0.6 is 15.8 Å². The van der Waals surface area contributed by atoms with E-state index < -0.39 is 23.5 Å². The van der Waals surface area contributed by atoms with Gasteiger partial charge in [0.05, 0.1) is 0 Å². The van der Waals surface area contributed by atoms with Gasteiger partial charge in [-0.3, -0.25) is 0 Å². The molecule has 0 unspecified atom stereocenters. The van der Waals surface area contributed by atoms with Crippen molar-refractivity contribution in [3.05, 3.63) is 115 Å². The summed E-state index contributed by atoms with van der Waals surface area (Å²) in [4.78, 5) is 0. The van der Waals surface area contributed by atoms with Crippen LogP contribution in [0.2, 0.25) is 0 Å². The first-order valence-corrected chi connectivity index (χ1v) is 20.5. The Morgan fingerprint density at radius 1 is 0.750 bits per heavy atom. The van der Waals surface area contributed by atoms with Gasteiger partial charge < -0.3 is 4.55 Å². The molecule has 4 aromatic rings. The van der Waals surface area contributed by atoms with Gasteiger partial charge in [0.25, 0.3) is 0 Å². The quantitative estimate of drug-likeness (QED) is 0.0613. The minimum Gasteiger partial charge on any atom is -0.741 e.